The average Bonchev–Trinajstić information content (AvgIpc) is 2.76. The number of aromatic carboxylic acids is 1. The number of carbonyl (C=O) groups is 2. The fourth-order valence-corrected chi connectivity index (χ4v) is 2.23. The van der Waals surface area contributed by atoms with E-state index in [1.165, 1.54) is 13.0 Å². The summed E-state index contributed by atoms with van der Waals surface area (Å²) in [4.78, 5) is 22.5. The van der Waals surface area contributed by atoms with E-state index in [1.807, 2.05) is 24.3 Å². The minimum absolute atomic E-state index is 0.112. The van der Waals surface area contributed by atoms with Crippen LogP contribution < -0.4 is 0 Å². The molecule has 0 saturated heterocycles. The van der Waals surface area contributed by atoms with Crippen LogP contribution >= 0.6 is 15.9 Å². The molecule has 0 aliphatic heterocycles. The van der Waals surface area contributed by atoms with E-state index in [9.17, 15) is 9.59 Å². The van der Waals surface area contributed by atoms with E-state index in [2.05, 4.69) is 15.9 Å². The highest BCUT2D eigenvalue weighted by Crippen LogP contribution is 2.19. The zero-order valence-electron chi connectivity index (χ0n) is 10.3. The quantitative estimate of drug-likeness (QED) is 0.880. The lowest BCUT2D eigenvalue weighted by molar-refractivity contribution is 0.0685. The number of Topliss-reactive ketones (excluding diaryl/α,β-unsaturated/α-hetero) is 1. The second-order valence-electron chi connectivity index (χ2n) is 4.19. The van der Waals surface area contributed by atoms with Crippen molar-refractivity contribution in [2.45, 2.75) is 13.5 Å². The largest absolute Gasteiger partial charge is 0.477 e. The van der Waals surface area contributed by atoms with Gasteiger partial charge in [-0.1, -0.05) is 34.1 Å². The van der Waals surface area contributed by atoms with E-state index in [0.717, 1.165) is 10.0 Å². The Morgan fingerprint density at radius 2 is 2.00 bits per heavy atom. The molecule has 0 amide bonds. The number of carbonyl (C=O) groups excluding carboxylic acids is 1. The van der Waals surface area contributed by atoms with Crippen LogP contribution in [0.15, 0.2) is 41.0 Å². The summed E-state index contributed by atoms with van der Waals surface area (Å²) in [5, 5.41) is 9.16. The molecule has 4 nitrogen and oxygen atoms in total. The van der Waals surface area contributed by atoms with Crippen molar-refractivity contribution < 1.29 is 14.7 Å². The zero-order valence-corrected chi connectivity index (χ0v) is 11.8. The molecule has 5 heteroatoms. The molecule has 1 aromatic carbocycles. The molecular formula is C14H12BrNO3. The van der Waals surface area contributed by atoms with Crippen LogP contribution in [0.3, 0.4) is 0 Å². The molecule has 98 valence electrons. The molecule has 0 atom stereocenters. The number of hydrogen-bond donors (Lipinski definition) is 1. The number of aromatic nitrogens is 1. The number of benzene rings is 1. The standard InChI is InChI=1S/C14H12BrNO3/c1-9(17)11-6-13(14(18)19)16(8-11)7-10-4-2-3-5-12(10)15/h2-6,8H,7H2,1H3,(H,18,19). The van der Waals surface area contributed by atoms with Gasteiger partial charge >= 0.3 is 5.97 Å². The Morgan fingerprint density at radius 1 is 1.32 bits per heavy atom. The summed E-state index contributed by atoms with van der Waals surface area (Å²) >= 11 is 3.42. The average molecular weight is 322 g/mol. The van der Waals surface area contributed by atoms with Gasteiger partial charge < -0.3 is 9.67 Å². The second kappa shape index (κ2) is 5.40. The molecule has 0 radical (unpaired) electrons. The lowest BCUT2D eigenvalue weighted by atomic mass is 10.2. The molecule has 0 spiro atoms. The molecule has 1 aromatic heterocycles. The van der Waals surface area contributed by atoms with Gasteiger partial charge in [-0.3, -0.25) is 4.79 Å². The minimum atomic E-state index is -1.04. The van der Waals surface area contributed by atoms with Gasteiger partial charge in [0.25, 0.3) is 0 Å². The second-order valence-corrected chi connectivity index (χ2v) is 5.05. The normalized spacial score (nSPS) is 10.4. The molecule has 0 unspecified atom stereocenters. The van der Waals surface area contributed by atoms with E-state index in [-0.39, 0.29) is 11.5 Å². The Labute approximate surface area is 118 Å². The predicted octanol–water partition coefficient (Wildman–Crippen LogP) is 3.20. The molecule has 2 aromatic rings. The summed E-state index contributed by atoms with van der Waals surface area (Å²) in [7, 11) is 0. The Morgan fingerprint density at radius 3 is 2.58 bits per heavy atom. The van der Waals surface area contributed by atoms with Crippen molar-refractivity contribution in [1.29, 1.82) is 0 Å². The Hall–Kier alpha value is -1.88. The van der Waals surface area contributed by atoms with Crippen LogP contribution in [0.4, 0.5) is 0 Å². The lowest BCUT2D eigenvalue weighted by Gasteiger charge is -2.08. The van der Waals surface area contributed by atoms with Crippen LogP contribution in [0, 0.1) is 0 Å². The summed E-state index contributed by atoms with van der Waals surface area (Å²) in [5.74, 6) is -1.19. The van der Waals surface area contributed by atoms with Crippen LogP contribution in [0.2, 0.25) is 0 Å². The highest BCUT2D eigenvalue weighted by atomic mass is 79.9. The maximum atomic E-state index is 11.3. The van der Waals surface area contributed by atoms with E-state index in [0.29, 0.717) is 12.1 Å². The summed E-state index contributed by atoms with van der Waals surface area (Å²) < 4.78 is 2.48. The van der Waals surface area contributed by atoms with Crippen molar-refractivity contribution >= 4 is 27.7 Å². The summed E-state index contributed by atoms with van der Waals surface area (Å²) in [6.07, 6.45) is 1.57. The van der Waals surface area contributed by atoms with E-state index >= 15 is 0 Å². The van der Waals surface area contributed by atoms with Crippen LogP contribution in [0.25, 0.3) is 0 Å². The molecule has 0 fully saturated rings. The summed E-state index contributed by atoms with van der Waals surface area (Å²) in [6, 6.07) is 8.98. The minimum Gasteiger partial charge on any atom is -0.477 e. The zero-order chi connectivity index (χ0) is 14.0. The van der Waals surface area contributed by atoms with Crippen LogP contribution in [0.5, 0.6) is 0 Å². The van der Waals surface area contributed by atoms with Gasteiger partial charge in [-0.15, -0.1) is 0 Å². The number of carboxylic acid groups (broad SMARTS) is 1. The van der Waals surface area contributed by atoms with Crippen LogP contribution in [0.1, 0.15) is 33.3 Å². The number of carboxylic acids is 1. The maximum Gasteiger partial charge on any atom is 0.352 e. The fraction of sp³-hybridized carbons (Fsp3) is 0.143. The number of hydrogen-bond acceptors (Lipinski definition) is 2. The smallest absolute Gasteiger partial charge is 0.352 e. The summed E-state index contributed by atoms with van der Waals surface area (Å²) in [5.41, 5.74) is 1.47. The molecule has 2 rings (SSSR count). The van der Waals surface area contributed by atoms with Gasteiger partial charge in [0.1, 0.15) is 5.69 Å². The molecule has 0 bridgehead atoms. The molecule has 0 aliphatic carbocycles. The first-order chi connectivity index (χ1) is 8.99. The van der Waals surface area contributed by atoms with Crippen molar-refractivity contribution in [2.75, 3.05) is 0 Å². The van der Waals surface area contributed by atoms with E-state index < -0.39 is 5.97 Å². The number of rotatable bonds is 4. The molecular weight excluding hydrogens is 310 g/mol. The number of nitrogens with zero attached hydrogens (tertiary/aromatic N) is 1. The van der Waals surface area contributed by atoms with Crippen LogP contribution in [-0.4, -0.2) is 21.4 Å². The van der Waals surface area contributed by atoms with Gasteiger partial charge in [-0.2, -0.15) is 0 Å². The lowest BCUT2D eigenvalue weighted by Crippen LogP contribution is -2.08. The monoisotopic (exact) mass is 321 g/mol. The fourth-order valence-electron chi connectivity index (χ4n) is 1.82. The number of halogens is 1. The molecule has 0 aliphatic rings. The van der Waals surface area contributed by atoms with Crippen molar-refractivity contribution in [3.63, 3.8) is 0 Å². The predicted molar refractivity (Wildman–Crippen MR) is 74.6 cm³/mol. The van der Waals surface area contributed by atoms with Gasteiger partial charge in [0.2, 0.25) is 0 Å². The van der Waals surface area contributed by atoms with Crippen molar-refractivity contribution in [3.05, 3.63) is 57.8 Å². The van der Waals surface area contributed by atoms with Gasteiger partial charge in [-0.05, 0) is 24.6 Å². The van der Waals surface area contributed by atoms with Gasteiger partial charge in [0.05, 0.1) is 0 Å². The Bertz CT molecular complexity index is 646. The molecule has 0 saturated carbocycles. The Kier molecular flexibility index (Phi) is 3.85. The maximum absolute atomic E-state index is 11.3. The molecule has 1 heterocycles. The molecule has 1 N–H and O–H groups in total. The summed E-state index contributed by atoms with van der Waals surface area (Å²) in [6.45, 7) is 1.82. The van der Waals surface area contributed by atoms with Gasteiger partial charge in [0.15, 0.2) is 5.78 Å². The first-order valence-electron chi connectivity index (χ1n) is 5.67. The third-order valence-corrected chi connectivity index (χ3v) is 3.59. The highest BCUT2D eigenvalue weighted by molar-refractivity contribution is 9.10. The SMILES string of the molecule is CC(=O)c1cc(C(=O)O)n(Cc2ccccc2Br)c1. The third-order valence-electron chi connectivity index (χ3n) is 2.82. The molecule has 19 heavy (non-hydrogen) atoms. The first-order valence-corrected chi connectivity index (χ1v) is 6.46. The van der Waals surface area contributed by atoms with Crippen molar-refractivity contribution in [3.8, 4) is 0 Å². The van der Waals surface area contributed by atoms with Crippen molar-refractivity contribution in [1.82, 2.24) is 4.57 Å². The van der Waals surface area contributed by atoms with Crippen LogP contribution in [-0.2, 0) is 6.54 Å². The topological polar surface area (TPSA) is 59.3 Å². The van der Waals surface area contributed by atoms with Gasteiger partial charge in [-0.25, -0.2) is 4.79 Å². The first kappa shape index (κ1) is 13.5. The van der Waals surface area contributed by atoms with Gasteiger partial charge in [0, 0.05) is 22.8 Å². The Balaban J connectivity index is 2.42. The number of ketones is 1. The van der Waals surface area contributed by atoms with E-state index in [1.54, 1.807) is 10.8 Å². The third kappa shape index (κ3) is 2.93. The van der Waals surface area contributed by atoms with Crippen molar-refractivity contribution in [2.24, 2.45) is 0 Å². The van der Waals surface area contributed by atoms with E-state index in [4.69, 9.17) is 5.11 Å². The highest BCUT2D eigenvalue weighted by Gasteiger charge is 2.15.